The minimum absolute atomic E-state index is 0.0933. The van der Waals surface area contributed by atoms with Gasteiger partial charge in [-0.1, -0.05) is 23.7 Å². The highest BCUT2D eigenvalue weighted by Crippen LogP contribution is 2.15. The fourth-order valence-electron chi connectivity index (χ4n) is 1.90. The number of benzene rings is 1. The highest BCUT2D eigenvalue weighted by atomic mass is 35.5. The van der Waals surface area contributed by atoms with Crippen molar-refractivity contribution in [3.05, 3.63) is 58.4 Å². The number of pyridine rings is 1. The molecule has 0 radical (unpaired) electrons. The summed E-state index contributed by atoms with van der Waals surface area (Å²) in [5.74, 6) is -1.25. The molecule has 1 amide bonds. The van der Waals surface area contributed by atoms with Crippen molar-refractivity contribution in [3.8, 4) is 0 Å². The molecule has 21 heavy (non-hydrogen) atoms. The highest BCUT2D eigenvalue weighted by molar-refractivity contribution is 6.29. The fraction of sp³-hybridized carbons (Fsp3) is 0.133. The Morgan fingerprint density at radius 3 is 2.71 bits per heavy atom. The molecule has 108 valence electrons. The lowest BCUT2D eigenvalue weighted by Gasteiger charge is -2.07. The Morgan fingerprint density at radius 2 is 2.05 bits per heavy atom. The van der Waals surface area contributed by atoms with Crippen molar-refractivity contribution in [2.24, 2.45) is 0 Å². The molecule has 0 saturated carbocycles. The summed E-state index contributed by atoms with van der Waals surface area (Å²) in [7, 11) is 0. The van der Waals surface area contributed by atoms with Gasteiger partial charge in [-0.3, -0.25) is 9.59 Å². The second-order valence-corrected chi connectivity index (χ2v) is 4.93. The van der Waals surface area contributed by atoms with Crippen molar-refractivity contribution in [1.82, 2.24) is 4.98 Å². The van der Waals surface area contributed by atoms with E-state index < -0.39 is 5.97 Å². The largest absolute Gasteiger partial charge is 0.481 e. The van der Waals surface area contributed by atoms with Crippen molar-refractivity contribution < 1.29 is 14.7 Å². The van der Waals surface area contributed by atoms with Crippen LogP contribution in [0.5, 0.6) is 0 Å². The van der Waals surface area contributed by atoms with Crippen molar-refractivity contribution in [1.29, 1.82) is 0 Å². The molecule has 2 rings (SSSR count). The third-order valence-corrected chi connectivity index (χ3v) is 2.92. The lowest BCUT2D eigenvalue weighted by atomic mass is 10.1. The predicted molar refractivity (Wildman–Crippen MR) is 79.7 cm³/mol. The zero-order valence-electron chi connectivity index (χ0n) is 11.3. The SMILES string of the molecule is Cc1cc(C(=O)Nc2cccc(CC(=O)O)c2)cc(Cl)n1. The molecule has 6 heteroatoms. The van der Waals surface area contributed by atoms with Crippen LogP contribution in [0.15, 0.2) is 36.4 Å². The number of aliphatic carboxylic acids is 1. The number of nitrogens with one attached hydrogen (secondary N) is 1. The van der Waals surface area contributed by atoms with Crippen molar-refractivity contribution >= 4 is 29.2 Å². The van der Waals surface area contributed by atoms with Gasteiger partial charge >= 0.3 is 5.97 Å². The molecule has 1 aromatic heterocycles. The first-order valence-electron chi connectivity index (χ1n) is 6.20. The summed E-state index contributed by atoms with van der Waals surface area (Å²) in [4.78, 5) is 26.8. The fourth-order valence-corrected chi connectivity index (χ4v) is 2.15. The zero-order valence-corrected chi connectivity index (χ0v) is 12.0. The first-order chi connectivity index (χ1) is 9.94. The maximum absolute atomic E-state index is 12.1. The molecule has 1 heterocycles. The summed E-state index contributed by atoms with van der Waals surface area (Å²) >= 11 is 5.82. The molecule has 0 fully saturated rings. The minimum Gasteiger partial charge on any atom is -0.481 e. The van der Waals surface area contributed by atoms with Crippen LogP contribution >= 0.6 is 11.6 Å². The Balaban J connectivity index is 2.17. The van der Waals surface area contributed by atoms with Crippen molar-refractivity contribution in [3.63, 3.8) is 0 Å². The van der Waals surface area contributed by atoms with Gasteiger partial charge in [-0.2, -0.15) is 0 Å². The molecule has 0 spiro atoms. The molecule has 0 bridgehead atoms. The summed E-state index contributed by atoms with van der Waals surface area (Å²) in [5, 5.41) is 11.7. The summed E-state index contributed by atoms with van der Waals surface area (Å²) in [6, 6.07) is 9.81. The third kappa shape index (κ3) is 4.29. The summed E-state index contributed by atoms with van der Waals surface area (Å²) < 4.78 is 0. The Morgan fingerprint density at radius 1 is 1.29 bits per heavy atom. The van der Waals surface area contributed by atoms with E-state index in [4.69, 9.17) is 16.7 Å². The van der Waals surface area contributed by atoms with Gasteiger partial charge in [0.15, 0.2) is 0 Å². The van der Waals surface area contributed by atoms with E-state index in [1.807, 2.05) is 0 Å². The molecule has 0 aliphatic rings. The molecule has 0 aliphatic carbocycles. The van der Waals surface area contributed by atoms with E-state index >= 15 is 0 Å². The minimum atomic E-state index is -0.921. The lowest BCUT2D eigenvalue weighted by Crippen LogP contribution is -2.13. The van der Waals surface area contributed by atoms with E-state index in [0.717, 1.165) is 0 Å². The number of carbonyl (C=O) groups is 2. The molecular formula is C15H13ClN2O3. The number of rotatable bonds is 4. The highest BCUT2D eigenvalue weighted by Gasteiger charge is 2.09. The van der Waals surface area contributed by atoms with E-state index in [1.54, 1.807) is 37.3 Å². The number of carboxylic acids is 1. The smallest absolute Gasteiger partial charge is 0.307 e. The van der Waals surface area contributed by atoms with Crippen LogP contribution in [0.1, 0.15) is 21.6 Å². The number of anilines is 1. The van der Waals surface area contributed by atoms with Crippen LogP contribution in [-0.2, 0) is 11.2 Å². The number of hydrogen-bond donors (Lipinski definition) is 2. The molecular weight excluding hydrogens is 292 g/mol. The monoisotopic (exact) mass is 304 g/mol. The van der Waals surface area contributed by atoms with Gasteiger partial charge in [0.2, 0.25) is 0 Å². The Labute approximate surface area is 126 Å². The van der Waals surface area contributed by atoms with E-state index in [0.29, 0.717) is 22.5 Å². The van der Waals surface area contributed by atoms with Gasteiger partial charge in [-0.15, -0.1) is 0 Å². The van der Waals surface area contributed by atoms with Gasteiger partial charge in [0, 0.05) is 16.9 Å². The molecule has 2 N–H and O–H groups in total. The Kier molecular flexibility index (Phi) is 4.55. The average molecular weight is 305 g/mol. The Bertz CT molecular complexity index is 681. The van der Waals surface area contributed by atoms with E-state index in [-0.39, 0.29) is 17.5 Å². The number of amides is 1. The number of carbonyl (C=O) groups excluding carboxylic acids is 1. The molecule has 0 atom stereocenters. The first kappa shape index (κ1) is 15.0. The van der Waals surface area contributed by atoms with Gasteiger partial charge in [-0.05, 0) is 36.8 Å². The summed E-state index contributed by atoms with van der Waals surface area (Å²) in [6.45, 7) is 1.75. The second kappa shape index (κ2) is 6.37. The number of nitrogens with zero attached hydrogens (tertiary/aromatic N) is 1. The summed E-state index contributed by atoms with van der Waals surface area (Å²) in [6.07, 6.45) is -0.0933. The van der Waals surface area contributed by atoms with Crippen LogP contribution in [0.25, 0.3) is 0 Å². The van der Waals surface area contributed by atoms with Crippen LogP contribution < -0.4 is 5.32 Å². The average Bonchev–Trinajstić information content (AvgIpc) is 2.37. The van der Waals surface area contributed by atoms with Gasteiger partial charge in [0.1, 0.15) is 5.15 Å². The van der Waals surface area contributed by atoms with Crippen LogP contribution in [-0.4, -0.2) is 22.0 Å². The van der Waals surface area contributed by atoms with Crippen molar-refractivity contribution in [2.45, 2.75) is 13.3 Å². The molecule has 1 aromatic carbocycles. The normalized spacial score (nSPS) is 10.2. The van der Waals surface area contributed by atoms with E-state index in [2.05, 4.69) is 10.3 Å². The van der Waals surface area contributed by atoms with Crippen LogP contribution in [0.2, 0.25) is 5.15 Å². The first-order valence-corrected chi connectivity index (χ1v) is 6.58. The van der Waals surface area contributed by atoms with Crippen LogP contribution in [0, 0.1) is 6.92 Å². The number of aryl methyl sites for hydroxylation is 1. The quantitative estimate of drug-likeness (QED) is 0.851. The van der Waals surface area contributed by atoms with Crippen LogP contribution in [0.4, 0.5) is 5.69 Å². The molecule has 0 unspecified atom stereocenters. The van der Waals surface area contributed by atoms with E-state index in [1.165, 1.54) is 6.07 Å². The van der Waals surface area contributed by atoms with Gasteiger partial charge < -0.3 is 10.4 Å². The second-order valence-electron chi connectivity index (χ2n) is 4.54. The topological polar surface area (TPSA) is 79.3 Å². The van der Waals surface area contributed by atoms with Gasteiger partial charge in [-0.25, -0.2) is 4.98 Å². The molecule has 5 nitrogen and oxygen atoms in total. The number of aromatic nitrogens is 1. The van der Waals surface area contributed by atoms with Gasteiger partial charge in [0.05, 0.1) is 6.42 Å². The third-order valence-electron chi connectivity index (χ3n) is 2.72. The van der Waals surface area contributed by atoms with Crippen molar-refractivity contribution in [2.75, 3.05) is 5.32 Å². The molecule has 2 aromatic rings. The maximum atomic E-state index is 12.1. The number of carboxylic acid groups (broad SMARTS) is 1. The Hall–Kier alpha value is -2.40. The van der Waals surface area contributed by atoms with Gasteiger partial charge in [0.25, 0.3) is 5.91 Å². The molecule has 0 saturated heterocycles. The predicted octanol–water partition coefficient (Wildman–Crippen LogP) is 2.92. The lowest BCUT2D eigenvalue weighted by molar-refractivity contribution is -0.136. The molecule has 0 aliphatic heterocycles. The number of hydrogen-bond acceptors (Lipinski definition) is 3. The van der Waals surface area contributed by atoms with Crippen LogP contribution in [0.3, 0.4) is 0 Å². The maximum Gasteiger partial charge on any atom is 0.307 e. The number of halogens is 1. The summed E-state index contributed by atoms with van der Waals surface area (Å²) in [5.41, 5.74) is 2.19. The standard InChI is InChI=1S/C15H13ClN2O3/c1-9-5-11(8-13(16)17-9)15(21)18-12-4-2-3-10(6-12)7-14(19)20/h2-6,8H,7H2,1H3,(H,18,21)(H,19,20). The van der Waals surface area contributed by atoms with E-state index in [9.17, 15) is 9.59 Å². The zero-order chi connectivity index (χ0) is 15.4.